The lowest BCUT2D eigenvalue weighted by Gasteiger charge is -2.18. The average molecular weight is 528 g/mol. The van der Waals surface area contributed by atoms with Crippen molar-refractivity contribution in [1.82, 2.24) is 14.7 Å². The van der Waals surface area contributed by atoms with Gasteiger partial charge in [-0.05, 0) is 67.4 Å². The van der Waals surface area contributed by atoms with E-state index in [2.05, 4.69) is 5.10 Å². The van der Waals surface area contributed by atoms with Gasteiger partial charge in [-0.15, -0.1) is 0 Å². The fraction of sp³-hybridized carbons (Fsp3) is 0.214. The molecule has 192 valence electrons. The molecule has 0 radical (unpaired) electrons. The second kappa shape index (κ2) is 11.1. The Balaban J connectivity index is 1.50. The molecule has 4 aromatic rings. The van der Waals surface area contributed by atoms with Crippen LogP contribution in [0.15, 0.2) is 78.9 Å². The summed E-state index contributed by atoms with van der Waals surface area (Å²) in [5.74, 6) is 0.475. The van der Waals surface area contributed by atoms with E-state index < -0.39 is 11.9 Å². The van der Waals surface area contributed by atoms with Gasteiger partial charge >= 0.3 is 6.18 Å². The van der Waals surface area contributed by atoms with Crippen LogP contribution >= 0.6 is 11.6 Å². The van der Waals surface area contributed by atoms with Crippen molar-refractivity contribution in [3.63, 3.8) is 0 Å². The molecule has 0 saturated heterocycles. The molecule has 37 heavy (non-hydrogen) atoms. The van der Waals surface area contributed by atoms with Gasteiger partial charge in [0.05, 0.1) is 16.4 Å². The number of benzene rings is 3. The Labute approximate surface area is 218 Å². The molecule has 3 aromatic carbocycles. The molecule has 0 spiro atoms. The monoisotopic (exact) mass is 527 g/mol. The summed E-state index contributed by atoms with van der Waals surface area (Å²) in [6.07, 6.45) is -4.60. The summed E-state index contributed by atoms with van der Waals surface area (Å²) < 4.78 is 47.0. The summed E-state index contributed by atoms with van der Waals surface area (Å²) in [5, 5.41) is 3.99. The lowest BCUT2D eigenvalue weighted by atomic mass is 10.0. The van der Waals surface area contributed by atoms with Gasteiger partial charge < -0.3 is 9.64 Å². The lowest BCUT2D eigenvalue weighted by Crippen LogP contribution is -2.30. The number of alkyl halides is 3. The van der Waals surface area contributed by atoms with Crippen LogP contribution in [0.3, 0.4) is 0 Å². The van der Waals surface area contributed by atoms with E-state index in [1.54, 1.807) is 53.4 Å². The fourth-order valence-electron chi connectivity index (χ4n) is 3.89. The molecule has 0 N–H and O–H groups in total. The quantitative estimate of drug-likeness (QED) is 0.242. The Kier molecular flexibility index (Phi) is 7.88. The van der Waals surface area contributed by atoms with Crippen molar-refractivity contribution in [2.75, 3.05) is 13.1 Å². The summed E-state index contributed by atoms with van der Waals surface area (Å²) in [6.45, 7) is 5.04. The highest BCUT2D eigenvalue weighted by Gasteiger charge is 2.35. The zero-order valence-corrected chi connectivity index (χ0v) is 21.1. The summed E-state index contributed by atoms with van der Waals surface area (Å²) in [6, 6.07) is 22.0. The number of ether oxygens (including phenoxy) is 1. The largest absolute Gasteiger partial charge is 0.487 e. The van der Waals surface area contributed by atoms with Crippen LogP contribution in [0.5, 0.6) is 5.75 Å². The smallest absolute Gasteiger partial charge is 0.435 e. The van der Waals surface area contributed by atoms with E-state index in [-0.39, 0.29) is 23.2 Å². The first kappa shape index (κ1) is 26.3. The maximum Gasteiger partial charge on any atom is 0.435 e. The third kappa shape index (κ3) is 5.97. The number of halogens is 4. The van der Waals surface area contributed by atoms with Gasteiger partial charge in [-0.3, -0.25) is 4.79 Å². The molecule has 0 saturated carbocycles. The maximum atomic E-state index is 13.3. The number of para-hydroxylation sites is 1. The highest BCUT2D eigenvalue weighted by atomic mass is 35.5. The number of rotatable bonds is 8. The Bertz CT molecular complexity index is 1360. The third-order valence-electron chi connectivity index (χ3n) is 5.91. The standard InChI is InChI=1S/C28H25ClF3N3O2/c1-3-34(4-2)27(36)21-11-9-19(10-12-21)20-13-15-23(16-14-20)37-18-22-17-26(28(30,31)32)33-35(22)25-8-6-5-7-24(25)29/h5-17H,3-4,18H2,1-2H3. The number of carbonyl (C=O) groups excluding carboxylic acids is 1. The molecular weight excluding hydrogens is 503 g/mol. The Hall–Kier alpha value is -3.78. The van der Waals surface area contributed by atoms with Crippen molar-refractivity contribution >= 4 is 17.5 Å². The van der Waals surface area contributed by atoms with Crippen LogP contribution in [0.2, 0.25) is 5.02 Å². The average Bonchev–Trinajstić information content (AvgIpc) is 3.33. The molecule has 0 aliphatic rings. The van der Waals surface area contributed by atoms with Crippen LogP contribution in [-0.2, 0) is 12.8 Å². The van der Waals surface area contributed by atoms with Crippen molar-refractivity contribution in [3.8, 4) is 22.6 Å². The first-order valence-electron chi connectivity index (χ1n) is 11.7. The minimum absolute atomic E-state index is 0.00925. The van der Waals surface area contributed by atoms with Crippen molar-refractivity contribution in [2.45, 2.75) is 26.6 Å². The van der Waals surface area contributed by atoms with Crippen molar-refractivity contribution < 1.29 is 22.7 Å². The van der Waals surface area contributed by atoms with Crippen LogP contribution in [0, 0.1) is 0 Å². The van der Waals surface area contributed by atoms with Crippen LogP contribution < -0.4 is 4.74 Å². The van der Waals surface area contributed by atoms with Gasteiger partial charge in [0.25, 0.3) is 5.91 Å². The van der Waals surface area contributed by atoms with Crippen LogP contribution in [-0.4, -0.2) is 33.7 Å². The van der Waals surface area contributed by atoms with Crippen molar-refractivity contribution in [1.29, 1.82) is 0 Å². The van der Waals surface area contributed by atoms with Crippen LogP contribution in [0.25, 0.3) is 16.8 Å². The molecule has 0 aliphatic carbocycles. The molecular formula is C28H25ClF3N3O2. The molecule has 1 heterocycles. The zero-order valence-electron chi connectivity index (χ0n) is 20.3. The Morgan fingerprint density at radius 3 is 2.11 bits per heavy atom. The van der Waals surface area contributed by atoms with E-state index in [9.17, 15) is 18.0 Å². The predicted octanol–water partition coefficient (Wildman–Crippen LogP) is 7.27. The number of amides is 1. The second-order valence-electron chi connectivity index (χ2n) is 8.25. The van der Waals surface area contributed by atoms with Gasteiger partial charge in [-0.2, -0.15) is 18.3 Å². The lowest BCUT2D eigenvalue weighted by molar-refractivity contribution is -0.141. The summed E-state index contributed by atoms with van der Waals surface area (Å²) >= 11 is 6.20. The van der Waals surface area contributed by atoms with E-state index in [0.717, 1.165) is 21.9 Å². The molecule has 0 bridgehead atoms. The molecule has 0 atom stereocenters. The second-order valence-corrected chi connectivity index (χ2v) is 8.66. The Morgan fingerprint density at radius 1 is 0.946 bits per heavy atom. The normalized spacial score (nSPS) is 11.4. The van der Waals surface area contributed by atoms with Gasteiger partial charge in [0.1, 0.15) is 12.4 Å². The highest BCUT2D eigenvalue weighted by Crippen LogP contribution is 2.31. The molecule has 0 aliphatic heterocycles. The SMILES string of the molecule is CCN(CC)C(=O)c1ccc(-c2ccc(OCc3cc(C(F)(F)F)nn3-c3ccccc3Cl)cc2)cc1. The Morgan fingerprint density at radius 2 is 1.54 bits per heavy atom. The number of aromatic nitrogens is 2. The number of carbonyl (C=O) groups is 1. The van der Waals surface area contributed by atoms with Crippen LogP contribution in [0.4, 0.5) is 13.2 Å². The molecule has 1 amide bonds. The first-order valence-corrected chi connectivity index (χ1v) is 12.1. The zero-order chi connectivity index (χ0) is 26.6. The highest BCUT2D eigenvalue weighted by molar-refractivity contribution is 6.32. The molecule has 9 heteroatoms. The van der Waals surface area contributed by atoms with Gasteiger partial charge in [0, 0.05) is 18.7 Å². The fourth-order valence-corrected chi connectivity index (χ4v) is 4.11. The molecule has 0 unspecified atom stereocenters. The number of nitrogens with zero attached hydrogens (tertiary/aromatic N) is 3. The third-order valence-corrected chi connectivity index (χ3v) is 6.23. The number of hydrogen-bond acceptors (Lipinski definition) is 3. The van der Waals surface area contributed by atoms with E-state index in [4.69, 9.17) is 16.3 Å². The van der Waals surface area contributed by atoms with Crippen molar-refractivity contribution in [3.05, 3.63) is 101 Å². The van der Waals surface area contributed by atoms with E-state index in [1.807, 2.05) is 38.1 Å². The topological polar surface area (TPSA) is 47.4 Å². The summed E-state index contributed by atoms with van der Waals surface area (Å²) in [7, 11) is 0. The van der Waals surface area contributed by atoms with Crippen LogP contribution in [0.1, 0.15) is 35.6 Å². The molecule has 1 aromatic heterocycles. The summed E-state index contributed by atoms with van der Waals surface area (Å²) in [4.78, 5) is 14.3. The van der Waals surface area contributed by atoms with E-state index in [1.165, 1.54) is 0 Å². The number of hydrogen-bond donors (Lipinski definition) is 0. The van der Waals surface area contributed by atoms with Gasteiger partial charge in [0.2, 0.25) is 0 Å². The molecule has 5 nitrogen and oxygen atoms in total. The maximum absolute atomic E-state index is 13.3. The van der Waals surface area contributed by atoms with Gasteiger partial charge in [0.15, 0.2) is 5.69 Å². The molecule has 0 fully saturated rings. The van der Waals surface area contributed by atoms with Crippen molar-refractivity contribution in [2.24, 2.45) is 0 Å². The van der Waals surface area contributed by atoms with Gasteiger partial charge in [-0.1, -0.05) is 48.0 Å². The van der Waals surface area contributed by atoms with E-state index in [0.29, 0.717) is 30.1 Å². The predicted molar refractivity (Wildman–Crippen MR) is 137 cm³/mol. The first-order chi connectivity index (χ1) is 17.7. The van der Waals surface area contributed by atoms with E-state index >= 15 is 0 Å². The summed E-state index contributed by atoms with van der Waals surface area (Å²) in [5.41, 5.74) is 1.98. The minimum Gasteiger partial charge on any atom is -0.487 e. The van der Waals surface area contributed by atoms with Gasteiger partial charge in [-0.25, -0.2) is 4.68 Å². The molecule has 4 rings (SSSR count). The minimum atomic E-state index is -4.60.